The third kappa shape index (κ3) is 3.39. The van der Waals surface area contributed by atoms with Crippen LogP contribution in [0.3, 0.4) is 0 Å². The second-order valence-corrected chi connectivity index (χ2v) is 9.33. The molecule has 0 bridgehead atoms. The highest BCUT2D eigenvalue weighted by Crippen LogP contribution is 2.50. The molecule has 2 aliphatic rings. The van der Waals surface area contributed by atoms with E-state index in [1.165, 1.54) is 0 Å². The summed E-state index contributed by atoms with van der Waals surface area (Å²) < 4.78 is 9.50. The van der Waals surface area contributed by atoms with Crippen LogP contribution in [0.1, 0.15) is 32.6 Å². The Labute approximate surface area is 191 Å². The molecule has 1 saturated carbocycles. The lowest BCUT2D eigenvalue weighted by atomic mass is 9.60. The van der Waals surface area contributed by atoms with Crippen LogP contribution in [-0.2, 0) is 4.79 Å². The number of nitrogens with zero attached hydrogens (tertiary/aromatic N) is 6. The number of anilines is 1. The van der Waals surface area contributed by atoms with Crippen LogP contribution in [0.2, 0.25) is 0 Å². The summed E-state index contributed by atoms with van der Waals surface area (Å²) in [6.07, 6.45) is 12.0. The zero-order chi connectivity index (χ0) is 22.6. The number of aromatic nitrogens is 5. The Morgan fingerprint density at radius 3 is 2.76 bits per heavy atom. The molecule has 0 atom stereocenters. The van der Waals surface area contributed by atoms with Crippen LogP contribution >= 0.6 is 0 Å². The molecule has 4 aromatic rings. The molecule has 1 aliphatic heterocycles. The van der Waals surface area contributed by atoms with E-state index in [0.29, 0.717) is 23.3 Å². The Balaban J connectivity index is 1.22. The number of rotatable bonds is 4. The van der Waals surface area contributed by atoms with Crippen LogP contribution in [0.4, 0.5) is 5.95 Å². The Hall–Kier alpha value is -3.62. The zero-order valence-corrected chi connectivity index (χ0v) is 18.9. The monoisotopic (exact) mass is 445 g/mol. The zero-order valence-electron chi connectivity index (χ0n) is 18.9. The standard InChI is InChI=1S/C24H27N7O2/c1-16(32)29-10-6-24(7-11-29)13-18(14-24)26-23-27-22(33-2)21-19(5-9-31(21)28-23)17-3-4-20-25-8-12-30(20)15-17/h3-5,8-9,12,15,18H,6-7,10-11,13-14H2,1-2H3,(H,26,28). The smallest absolute Gasteiger partial charge is 0.244 e. The number of carbonyl (C=O) groups is 1. The first kappa shape index (κ1) is 20.0. The minimum Gasteiger partial charge on any atom is -0.479 e. The topological polar surface area (TPSA) is 89.1 Å². The van der Waals surface area contributed by atoms with Crippen molar-refractivity contribution in [2.24, 2.45) is 5.41 Å². The first-order valence-corrected chi connectivity index (χ1v) is 11.4. The maximum absolute atomic E-state index is 11.6. The quantitative estimate of drug-likeness (QED) is 0.519. The second-order valence-electron chi connectivity index (χ2n) is 9.33. The summed E-state index contributed by atoms with van der Waals surface area (Å²) in [5.41, 5.74) is 4.15. The van der Waals surface area contributed by atoms with Crippen LogP contribution in [0.15, 0.2) is 43.0 Å². The van der Waals surface area contributed by atoms with Gasteiger partial charge in [0.05, 0.1) is 7.11 Å². The fraction of sp³-hybridized carbons (Fsp3) is 0.417. The van der Waals surface area contributed by atoms with Crippen molar-refractivity contribution in [2.75, 3.05) is 25.5 Å². The van der Waals surface area contributed by atoms with Crippen molar-refractivity contribution in [3.63, 3.8) is 0 Å². The molecule has 1 saturated heterocycles. The molecule has 6 rings (SSSR count). The van der Waals surface area contributed by atoms with E-state index in [1.807, 2.05) is 38.3 Å². The van der Waals surface area contributed by atoms with E-state index >= 15 is 0 Å². The number of likely N-dealkylation sites (tertiary alicyclic amines) is 1. The maximum atomic E-state index is 11.6. The number of ether oxygens (including phenoxy) is 1. The van der Waals surface area contributed by atoms with Gasteiger partial charge in [-0.3, -0.25) is 4.79 Å². The van der Waals surface area contributed by atoms with Crippen LogP contribution in [0.5, 0.6) is 5.88 Å². The highest BCUT2D eigenvalue weighted by Gasteiger charge is 2.46. The van der Waals surface area contributed by atoms with Crippen LogP contribution in [-0.4, -0.2) is 61.0 Å². The van der Waals surface area contributed by atoms with Gasteiger partial charge in [-0.2, -0.15) is 4.98 Å². The number of piperidine rings is 1. The number of methoxy groups -OCH3 is 1. The molecule has 9 nitrogen and oxygen atoms in total. The van der Waals surface area contributed by atoms with Gasteiger partial charge in [-0.15, -0.1) is 5.10 Å². The molecular formula is C24H27N7O2. The third-order valence-corrected chi connectivity index (χ3v) is 7.33. The molecule has 5 heterocycles. The van der Waals surface area contributed by atoms with E-state index in [9.17, 15) is 4.79 Å². The number of pyridine rings is 1. The molecule has 1 amide bonds. The number of imidazole rings is 1. The molecule has 1 spiro atoms. The highest BCUT2D eigenvalue weighted by atomic mass is 16.5. The van der Waals surface area contributed by atoms with Gasteiger partial charge in [0.25, 0.3) is 0 Å². The predicted octanol–water partition coefficient (Wildman–Crippen LogP) is 3.26. The van der Waals surface area contributed by atoms with Gasteiger partial charge in [-0.1, -0.05) is 0 Å². The summed E-state index contributed by atoms with van der Waals surface area (Å²) in [6.45, 7) is 3.40. The van der Waals surface area contributed by atoms with Gasteiger partial charge in [0.2, 0.25) is 17.7 Å². The number of fused-ring (bicyclic) bond motifs is 2. The van der Waals surface area contributed by atoms with E-state index in [1.54, 1.807) is 20.2 Å². The summed E-state index contributed by atoms with van der Waals surface area (Å²) in [5, 5.41) is 8.22. The largest absolute Gasteiger partial charge is 0.479 e. The lowest BCUT2D eigenvalue weighted by Gasteiger charge is -2.52. The van der Waals surface area contributed by atoms with Crippen molar-refractivity contribution >= 4 is 23.0 Å². The van der Waals surface area contributed by atoms with Crippen LogP contribution < -0.4 is 10.1 Å². The number of carbonyl (C=O) groups excluding carboxylic acids is 1. The number of nitrogens with one attached hydrogen (secondary N) is 1. The summed E-state index contributed by atoms with van der Waals surface area (Å²) in [7, 11) is 1.64. The van der Waals surface area contributed by atoms with Gasteiger partial charge >= 0.3 is 0 Å². The first-order valence-electron chi connectivity index (χ1n) is 11.4. The van der Waals surface area contributed by atoms with Crippen LogP contribution in [0, 0.1) is 5.41 Å². The summed E-state index contributed by atoms with van der Waals surface area (Å²) >= 11 is 0. The molecule has 4 aromatic heterocycles. The minimum atomic E-state index is 0.184. The summed E-state index contributed by atoms with van der Waals surface area (Å²) in [4.78, 5) is 22.6. The normalized spacial score (nSPS) is 18.1. The Morgan fingerprint density at radius 2 is 2.00 bits per heavy atom. The molecule has 170 valence electrons. The number of hydrogen-bond acceptors (Lipinski definition) is 6. The van der Waals surface area contributed by atoms with Gasteiger partial charge < -0.3 is 19.4 Å². The Bertz CT molecular complexity index is 1340. The van der Waals surface area contributed by atoms with Gasteiger partial charge in [-0.25, -0.2) is 9.50 Å². The minimum absolute atomic E-state index is 0.184. The van der Waals surface area contributed by atoms with Gasteiger partial charge in [-0.05, 0) is 49.3 Å². The van der Waals surface area contributed by atoms with Crippen molar-refractivity contribution in [2.45, 2.75) is 38.6 Å². The Morgan fingerprint density at radius 1 is 1.18 bits per heavy atom. The first-order chi connectivity index (χ1) is 16.0. The average Bonchev–Trinajstić information content (AvgIpc) is 3.44. The van der Waals surface area contributed by atoms with Crippen molar-refractivity contribution in [3.8, 4) is 17.0 Å². The van der Waals surface area contributed by atoms with Gasteiger partial charge in [0.15, 0.2) is 0 Å². The molecule has 0 radical (unpaired) electrons. The maximum Gasteiger partial charge on any atom is 0.244 e. The lowest BCUT2D eigenvalue weighted by Crippen LogP contribution is -2.52. The number of hydrogen-bond donors (Lipinski definition) is 1. The molecule has 33 heavy (non-hydrogen) atoms. The predicted molar refractivity (Wildman–Crippen MR) is 124 cm³/mol. The molecule has 1 aliphatic carbocycles. The molecule has 0 aromatic carbocycles. The van der Waals surface area contributed by atoms with Crippen molar-refractivity contribution < 1.29 is 9.53 Å². The van der Waals surface area contributed by atoms with Crippen LogP contribution in [0.25, 0.3) is 22.3 Å². The van der Waals surface area contributed by atoms with Crippen molar-refractivity contribution in [3.05, 3.63) is 43.0 Å². The second kappa shape index (κ2) is 7.47. The lowest BCUT2D eigenvalue weighted by molar-refractivity contribution is -0.132. The van der Waals surface area contributed by atoms with Gasteiger partial charge in [0.1, 0.15) is 11.2 Å². The van der Waals surface area contributed by atoms with Crippen molar-refractivity contribution in [1.82, 2.24) is 28.9 Å². The molecule has 1 N–H and O–H groups in total. The highest BCUT2D eigenvalue weighted by molar-refractivity contribution is 5.84. The van der Waals surface area contributed by atoms with E-state index < -0.39 is 0 Å². The van der Waals surface area contributed by atoms with E-state index in [4.69, 9.17) is 9.84 Å². The Kier molecular flexibility index (Phi) is 4.53. The van der Waals surface area contributed by atoms with E-state index in [-0.39, 0.29) is 5.91 Å². The van der Waals surface area contributed by atoms with E-state index in [0.717, 1.165) is 61.1 Å². The number of amides is 1. The average molecular weight is 446 g/mol. The molecule has 0 unspecified atom stereocenters. The van der Waals surface area contributed by atoms with Crippen molar-refractivity contribution in [1.29, 1.82) is 0 Å². The molecule has 9 heteroatoms. The fourth-order valence-electron chi connectivity index (χ4n) is 5.48. The summed E-state index contributed by atoms with van der Waals surface area (Å²) in [5.74, 6) is 1.30. The summed E-state index contributed by atoms with van der Waals surface area (Å²) in [6, 6.07) is 6.43. The third-order valence-electron chi connectivity index (χ3n) is 7.33. The van der Waals surface area contributed by atoms with Gasteiger partial charge in [0, 0.05) is 62.0 Å². The molecular weight excluding hydrogens is 418 g/mol. The fourth-order valence-corrected chi connectivity index (χ4v) is 5.48. The SMILES string of the molecule is COc1nc(NC2CC3(CCN(C(C)=O)CC3)C2)nn2ccc(-c3ccc4nccn4c3)c12. The molecule has 2 fully saturated rings. The van der Waals surface area contributed by atoms with E-state index in [2.05, 4.69) is 27.5 Å².